The van der Waals surface area contributed by atoms with Crippen molar-refractivity contribution in [1.82, 2.24) is 0 Å². The Hall–Kier alpha value is -1.62. The Balaban J connectivity index is 1.90. The fourth-order valence-corrected chi connectivity index (χ4v) is 5.02. The molecule has 0 aromatic heterocycles. The van der Waals surface area contributed by atoms with Crippen molar-refractivity contribution in [3.8, 4) is 0 Å². The molecule has 0 heterocycles. The second-order valence-corrected chi connectivity index (χ2v) is 9.40. The molecule has 0 spiro atoms. The summed E-state index contributed by atoms with van der Waals surface area (Å²) in [6.07, 6.45) is 8.17. The zero-order chi connectivity index (χ0) is 19.5. The van der Waals surface area contributed by atoms with Gasteiger partial charge in [-0.15, -0.1) is 11.2 Å². The van der Waals surface area contributed by atoms with Gasteiger partial charge in [-0.3, -0.25) is 0 Å². The van der Waals surface area contributed by atoms with Crippen LogP contribution < -0.4 is 0 Å². The van der Waals surface area contributed by atoms with Crippen molar-refractivity contribution in [2.45, 2.75) is 38.5 Å². The lowest BCUT2D eigenvalue weighted by atomic mass is 9.69. The van der Waals surface area contributed by atoms with Crippen LogP contribution in [-0.2, 0) is 19.3 Å². The minimum Gasteiger partial charge on any atom is -0.100 e. The second-order valence-electron chi connectivity index (χ2n) is 7.83. The van der Waals surface area contributed by atoms with E-state index in [4.69, 9.17) is 11.2 Å². The van der Waals surface area contributed by atoms with Crippen molar-refractivity contribution >= 4 is 19.2 Å². The summed E-state index contributed by atoms with van der Waals surface area (Å²) < 4.78 is 0. The molecule has 0 aliphatic carbocycles. The molecule has 3 rings (SSSR count). The fourth-order valence-electron chi connectivity index (χ4n) is 4.23. The van der Waals surface area contributed by atoms with Gasteiger partial charge in [0.1, 0.15) is 0 Å². The molecule has 28 heavy (non-hydrogen) atoms. The molecule has 2 heteroatoms. The minimum atomic E-state index is 0.222. The average Bonchev–Trinajstić information content (AvgIpc) is 2.73. The first-order valence-corrected chi connectivity index (χ1v) is 12.5. The summed E-state index contributed by atoms with van der Waals surface area (Å²) in [5.74, 6) is 0. The summed E-state index contributed by atoms with van der Waals surface area (Å²) in [6.45, 7) is 0. The molecule has 0 aliphatic heterocycles. The van der Waals surface area contributed by atoms with E-state index in [1.54, 1.807) is 0 Å². The topological polar surface area (TPSA) is 0 Å². The summed E-state index contributed by atoms with van der Waals surface area (Å²) in [5.41, 5.74) is 4.54. The molecule has 0 aliphatic rings. The van der Waals surface area contributed by atoms with Gasteiger partial charge in [-0.1, -0.05) is 97.4 Å². The van der Waals surface area contributed by atoms with Crippen molar-refractivity contribution in [2.24, 2.45) is 5.41 Å². The SMILES string of the molecule is ClPCCCCC(Cc1ccccc1)(Cc1ccccc1)Cc1ccccc1. The summed E-state index contributed by atoms with van der Waals surface area (Å²) >= 11 is 5.97. The number of halogens is 1. The number of hydrogen-bond acceptors (Lipinski definition) is 0. The molecular formula is C26H30ClP. The maximum Gasteiger partial charge on any atom is -0.0176 e. The highest BCUT2D eigenvalue weighted by atomic mass is 35.7. The average molecular weight is 409 g/mol. The number of rotatable bonds is 11. The Morgan fingerprint density at radius 3 is 1.32 bits per heavy atom. The smallest absolute Gasteiger partial charge is 0.0176 e. The Morgan fingerprint density at radius 1 is 0.571 bits per heavy atom. The van der Waals surface area contributed by atoms with Crippen molar-refractivity contribution in [2.75, 3.05) is 6.16 Å². The third kappa shape index (κ3) is 6.77. The first kappa shape index (κ1) is 21.1. The molecule has 0 amide bonds. The van der Waals surface area contributed by atoms with Crippen molar-refractivity contribution in [3.63, 3.8) is 0 Å². The third-order valence-electron chi connectivity index (χ3n) is 5.49. The zero-order valence-corrected chi connectivity index (χ0v) is 18.2. The van der Waals surface area contributed by atoms with Crippen molar-refractivity contribution < 1.29 is 0 Å². The van der Waals surface area contributed by atoms with E-state index in [-0.39, 0.29) is 5.41 Å². The first-order valence-electron chi connectivity index (χ1n) is 10.2. The number of unbranched alkanes of at least 4 members (excludes halogenated alkanes) is 1. The van der Waals surface area contributed by atoms with Crippen LogP contribution in [0.15, 0.2) is 91.0 Å². The van der Waals surface area contributed by atoms with Gasteiger partial charge in [0.15, 0.2) is 0 Å². The van der Waals surface area contributed by atoms with Crippen LogP contribution in [-0.4, -0.2) is 6.16 Å². The quantitative estimate of drug-likeness (QED) is 0.225. The molecule has 0 bridgehead atoms. The Kier molecular flexibility index (Phi) is 8.59. The van der Waals surface area contributed by atoms with Crippen LogP contribution in [0.5, 0.6) is 0 Å². The first-order chi connectivity index (χ1) is 13.8. The molecule has 1 unspecified atom stereocenters. The van der Waals surface area contributed by atoms with Gasteiger partial charge >= 0.3 is 0 Å². The minimum absolute atomic E-state index is 0.222. The van der Waals surface area contributed by atoms with E-state index in [2.05, 4.69) is 91.0 Å². The van der Waals surface area contributed by atoms with Gasteiger partial charge < -0.3 is 0 Å². The van der Waals surface area contributed by atoms with Gasteiger partial charge in [0.25, 0.3) is 0 Å². The molecule has 0 radical (unpaired) electrons. The third-order valence-corrected chi connectivity index (χ3v) is 6.60. The monoisotopic (exact) mass is 408 g/mol. The van der Waals surface area contributed by atoms with Gasteiger partial charge in [-0.2, -0.15) is 0 Å². The molecular weight excluding hydrogens is 379 g/mol. The summed E-state index contributed by atoms with van der Waals surface area (Å²) in [7, 11) is 0.544. The molecule has 1 atom stereocenters. The van der Waals surface area contributed by atoms with Gasteiger partial charge in [-0.05, 0) is 68.3 Å². The number of hydrogen-bond donors (Lipinski definition) is 0. The lowest BCUT2D eigenvalue weighted by Crippen LogP contribution is -2.30. The van der Waals surface area contributed by atoms with E-state index in [1.165, 1.54) is 36.0 Å². The lowest BCUT2D eigenvalue weighted by Gasteiger charge is -2.35. The molecule has 0 saturated carbocycles. The van der Waals surface area contributed by atoms with E-state index in [0.29, 0.717) is 7.93 Å². The predicted molar refractivity (Wildman–Crippen MR) is 126 cm³/mol. The highest BCUT2D eigenvalue weighted by molar-refractivity contribution is 7.68. The highest BCUT2D eigenvalue weighted by Crippen LogP contribution is 2.37. The van der Waals surface area contributed by atoms with Crippen LogP contribution in [0.1, 0.15) is 36.0 Å². The van der Waals surface area contributed by atoms with Crippen LogP contribution >= 0.6 is 19.2 Å². The van der Waals surface area contributed by atoms with Gasteiger partial charge in [0.05, 0.1) is 0 Å². The second kappa shape index (κ2) is 11.4. The van der Waals surface area contributed by atoms with Crippen molar-refractivity contribution in [1.29, 1.82) is 0 Å². The van der Waals surface area contributed by atoms with Crippen molar-refractivity contribution in [3.05, 3.63) is 108 Å². The molecule has 0 nitrogen and oxygen atoms in total. The van der Waals surface area contributed by atoms with Crippen LogP contribution in [0.2, 0.25) is 0 Å². The molecule has 0 N–H and O–H groups in total. The largest absolute Gasteiger partial charge is 0.100 e. The molecule has 146 valence electrons. The zero-order valence-electron chi connectivity index (χ0n) is 16.5. The standard InChI is InChI=1S/C26H30ClP/c27-28-19-11-10-18-26(20-23-12-4-1-5-13-23,21-24-14-6-2-7-15-24)22-25-16-8-3-9-17-25/h1-9,12-17,28H,10-11,18-22H2. The van der Waals surface area contributed by atoms with E-state index in [0.717, 1.165) is 25.4 Å². The van der Waals surface area contributed by atoms with Crippen LogP contribution in [0.25, 0.3) is 0 Å². The highest BCUT2D eigenvalue weighted by Gasteiger charge is 2.30. The summed E-state index contributed by atoms with van der Waals surface area (Å²) in [6, 6.07) is 33.0. The Labute approximate surface area is 176 Å². The molecule has 0 saturated heterocycles. The Bertz CT molecular complexity index is 685. The lowest BCUT2D eigenvalue weighted by molar-refractivity contribution is 0.246. The molecule has 3 aromatic carbocycles. The van der Waals surface area contributed by atoms with Gasteiger partial charge in [0, 0.05) is 0 Å². The van der Waals surface area contributed by atoms with Gasteiger partial charge in [-0.25, -0.2) is 0 Å². The number of benzene rings is 3. The van der Waals surface area contributed by atoms with Gasteiger partial charge in [0.2, 0.25) is 0 Å². The maximum atomic E-state index is 5.97. The normalized spacial score (nSPS) is 11.9. The molecule has 3 aromatic rings. The predicted octanol–water partition coefficient (Wildman–Crippen LogP) is 7.70. The summed E-state index contributed by atoms with van der Waals surface area (Å²) in [4.78, 5) is 0. The molecule has 0 fully saturated rings. The Morgan fingerprint density at radius 2 is 0.964 bits per heavy atom. The van der Waals surface area contributed by atoms with Crippen LogP contribution in [0.4, 0.5) is 0 Å². The van der Waals surface area contributed by atoms with E-state index in [9.17, 15) is 0 Å². The maximum absolute atomic E-state index is 5.97. The van der Waals surface area contributed by atoms with E-state index in [1.807, 2.05) is 0 Å². The fraction of sp³-hybridized carbons (Fsp3) is 0.308. The summed E-state index contributed by atoms with van der Waals surface area (Å²) in [5, 5.41) is 0. The van der Waals surface area contributed by atoms with E-state index >= 15 is 0 Å². The van der Waals surface area contributed by atoms with E-state index < -0.39 is 0 Å². The van der Waals surface area contributed by atoms with Crippen LogP contribution in [0, 0.1) is 5.41 Å². The van der Waals surface area contributed by atoms with Crippen LogP contribution in [0.3, 0.4) is 0 Å².